The van der Waals surface area contributed by atoms with Crippen molar-refractivity contribution in [3.05, 3.63) is 58.9 Å². The Morgan fingerprint density at radius 1 is 1.11 bits per heavy atom. The van der Waals surface area contributed by atoms with Gasteiger partial charge in [0, 0.05) is 23.2 Å². The van der Waals surface area contributed by atoms with Crippen molar-refractivity contribution in [2.24, 2.45) is 0 Å². The molecule has 0 atom stereocenters. The van der Waals surface area contributed by atoms with Crippen LogP contribution in [0.15, 0.2) is 42.5 Å². The Labute approximate surface area is 117 Å². The third-order valence-corrected chi connectivity index (χ3v) is 3.61. The molecule has 0 aliphatic heterocycles. The number of hydrogen-bond acceptors (Lipinski definition) is 1. The van der Waals surface area contributed by atoms with Gasteiger partial charge in [-0.05, 0) is 48.2 Å². The van der Waals surface area contributed by atoms with Gasteiger partial charge < -0.3 is 5.32 Å². The first-order chi connectivity index (χ1) is 9.22. The summed E-state index contributed by atoms with van der Waals surface area (Å²) in [5.41, 5.74) is 2.60. The van der Waals surface area contributed by atoms with Crippen LogP contribution < -0.4 is 5.32 Å². The van der Waals surface area contributed by atoms with Gasteiger partial charge in [0.25, 0.3) is 0 Å². The molecule has 0 unspecified atom stereocenters. The molecule has 0 spiro atoms. The van der Waals surface area contributed by atoms with Gasteiger partial charge in [-0.1, -0.05) is 29.8 Å². The second kappa shape index (κ2) is 5.32. The Hall–Kier alpha value is -1.38. The predicted molar refractivity (Wildman–Crippen MR) is 76.7 cm³/mol. The Kier molecular flexibility index (Phi) is 3.54. The molecule has 3 rings (SSSR count). The molecule has 0 saturated heterocycles. The van der Waals surface area contributed by atoms with Crippen molar-refractivity contribution in [3.63, 3.8) is 0 Å². The Bertz CT molecular complexity index is 576. The lowest BCUT2D eigenvalue weighted by molar-refractivity contribution is 0.628. The first-order valence-corrected chi connectivity index (χ1v) is 6.88. The summed E-state index contributed by atoms with van der Waals surface area (Å²) in [7, 11) is 0. The quantitative estimate of drug-likeness (QED) is 0.872. The molecule has 0 heterocycles. The van der Waals surface area contributed by atoms with Crippen LogP contribution in [-0.4, -0.2) is 6.04 Å². The number of nitrogens with one attached hydrogen (secondary N) is 1. The lowest BCUT2D eigenvalue weighted by Gasteiger charge is -2.08. The Morgan fingerprint density at radius 2 is 1.84 bits per heavy atom. The van der Waals surface area contributed by atoms with E-state index < -0.39 is 0 Å². The zero-order valence-corrected chi connectivity index (χ0v) is 11.3. The van der Waals surface area contributed by atoms with Crippen LogP contribution >= 0.6 is 11.6 Å². The monoisotopic (exact) mass is 275 g/mol. The van der Waals surface area contributed by atoms with E-state index in [9.17, 15) is 4.39 Å². The fourth-order valence-electron chi connectivity index (χ4n) is 2.08. The zero-order valence-electron chi connectivity index (χ0n) is 10.5. The fraction of sp³-hybridized carbons (Fsp3) is 0.250. The van der Waals surface area contributed by atoms with Crippen molar-refractivity contribution in [1.82, 2.24) is 5.32 Å². The standard InChI is InChI=1S/C16H15ClFN/c17-13-4-2-12(3-5-13)15-9-11(1-8-16(15)18)10-19-14-6-7-14/h1-5,8-9,14,19H,6-7,10H2. The molecule has 98 valence electrons. The molecular weight excluding hydrogens is 261 g/mol. The highest BCUT2D eigenvalue weighted by molar-refractivity contribution is 6.30. The normalized spacial score (nSPS) is 14.6. The summed E-state index contributed by atoms with van der Waals surface area (Å²) < 4.78 is 13.9. The zero-order chi connectivity index (χ0) is 13.2. The lowest BCUT2D eigenvalue weighted by atomic mass is 10.0. The average molecular weight is 276 g/mol. The van der Waals surface area contributed by atoms with Gasteiger partial charge in [0.15, 0.2) is 0 Å². The maximum atomic E-state index is 13.9. The number of benzene rings is 2. The number of rotatable bonds is 4. The first kappa shape index (κ1) is 12.6. The van der Waals surface area contributed by atoms with Gasteiger partial charge in [-0.25, -0.2) is 4.39 Å². The van der Waals surface area contributed by atoms with Gasteiger partial charge in [0.05, 0.1) is 0 Å². The minimum absolute atomic E-state index is 0.197. The fourth-order valence-corrected chi connectivity index (χ4v) is 2.21. The Morgan fingerprint density at radius 3 is 2.53 bits per heavy atom. The van der Waals surface area contributed by atoms with Crippen LogP contribution in [0.1, 0.15) is 18.4 Å². The van der Waals surface area contributed by atoms with Gasteiger partial charge in [-0.3, -0.25) is 0 Å². The first-order valence-electron chi connectivity index (χ1n) is 6.50. The van der Waals surface area contributed by atoms with E-state index in [1.807, 2.05) is 24.3 Å². The molecule has 2 aromatic rings. The van der Waals surface area contributed by atoms with Crippen LogP contribution in [0.5, 0.6) is 0 Å². The molecule has 1 aliphatic rings. The molecule has 0 bridgehead atoms. The highest BCUT2D eigenvalue weighted by Crippen LogP contribution is 2.26. The van der Waals surface area contributed by atoms with Crippen LogP contribution in [0.4, 0.5) is 4.39 Å². The second-order valence-electron chi connectivity index (χ2n) is 4.98. The molecule has 3 heteroatoms. The SMILES string of the molecule is Fc1ccc(CNC2CC2)cc1-c1ccc(Cl)cc1. The molecule has 1 saturated carbocycles. The largest absolute Gasteiger partial charge is 0.310 e. The van der Waals surface area contributed by atoms with Gasteiger partial charge in [0.2, 0.25) is 0 Å². The summed E-state index contributed by atoms with van der Waals surface area (Å²) in [4.78, 5) is 0. The van der Waals surface area contributed by atoms with Crippen molar-refractivity contribution in [2.45, 2.75) is 25.4 Å². The maximum absolute atomic E-state index is 13.9. The molecular formula is C16H15ClFN. The molecule has 2 aromatic carbocycles. The van der Waals surface area contributed by atoms with E-state index >= 15 is 0 Å². The van der Waals surface area contributed by atoms with Gasteiger partial charge in [-0.2, -0.15) is 0 Å². The molecule has 0 radical (unpaired) electrons. The van der Waals surface area contributed by atoms with Gasteiger partial charge in [0.1, 0.15) is 5.82 Å². The van der Waals surface area contributed by atoms with Crippen LogP contribution in [0.25, 0.3) is 11.1 Å². The third kappa shape index (κ3) is 3.14. The van der Waals surface area contributed by atoms with E-state index in [1.54, 1.807) is 12.1 Å². The van der Waals surface area contributed by atoms with Crippen molar-refractivity contribution in [3.8, 4) is 11.1 Å². The van der Waals surface area contributed by atoms with E-state index in [4.69, 9.17) is 11.6 Å². The van der Waals surface area contributed by atoms with Crippen molar-refractivity contribution in [1.29, 1.82) is 0 Å². The van der Waals surface area contributed by atoms with Crippen molar-refractivity contribution >= 4 is 11.6 Å². The highest BCUT2D eigenvalue weighted by atomic mass is 35.5. The minimum atomic E-state index is -0.197. The van der Waals surface area contributed by atoms with E-state index in [1.165, 1.54) is 18.9 Å². The van der Waals surface area contributed by atoms with E-state index in [0.717, 1.165) is 17.7 Å². The molecule has 1 aliphatic carbocycles. The van der Waals surface area contributed by atoms with E-state index in [-0.39, 0.29) is 5.82 Å². The van der Waals surface area contributed by atoms with Crippen molar-refractivity contribution < 1.29 is 4.39 Å². The predicted octanol–water partition coefficient (Wildman–Crippen LogP) is 4.40. The van der Waals surface area contributed by atoms with Crippen LogP contribution in [0.3, 0.4) is 0 Å². The summed E-state index contributed by atoms with van der Waals surface area (Å²) in [6, 6.07) is 13.2. The van der Waals surface area contributed by atoms with Crippen LogP contribution in [0.2, 0.25) is 5.02 Å². The highest BCUT2D eigenvalue weighted by Gasteiger charge is 2.20. The maximum Gasteiger partial charge on any atom is 0.131 e. The van der Waals surface area contributed by atoms with Crippen LogP contribution in [0, 0.1) is 5.82 Å². The second-order valence-corrected chi connectivity index (χ2v) is 5.41. The number of hydrogen-bond donors (Lipinski definition) is 1. The van der Waals surface area contributed by atoms with Gasteiger partial charge >= 0.3 is 0 Å². The minimum Gasteiger partial charge on any atom is -0.310 e. The third-order valence-electron chi connectivity index (χ3n) is 3.36. The van der Waals surface area contributed by atoms with Gasteiger partial charge in [-0.15, -0.1) is 0 Å². The average Bonchev–Trinajstić information content (AvgIpc) is 3.23. The summed E-state index contributed by atoms with van der Waals surface area (Å²) in [6.07, 6.45) is 2.51. The molecule has 1 nitrogen and oxygen atoms in total. The van der Waals surface area contributed by atoms with E-state index in [2.05, 4.69) is 5.32 Å². The Balaban J connectivity index is 1.85. The van der Waals surface area contributed by atoms with Crippen LogP contribution in [-0.2, 0) is 6.54 Å². The van der Waals surface area contributed by atoms with E-state index in [0.29, 0.717) is 16.6 Å². The number of halogens is 2. The summed E-state index contributed by atoms with van der Waals surface area (Å²) >= 11 is 5.86. The van der Waals surface area contributed by atoms with Crippen molar-refractivity contribution in [2.75, 3.05) is 0 Å². The molecule has 1 fully saturated rings. The topological polar surface area (TPSA) is 12.0 Å². The summed E-state index contributed by atoms with van der Waals surface area (Å²) in [5.74, 6) is -0.197. The summed E-state index contributed by atoms with van der Waals surface area (Å²) in [5, 5.41) is 4.10. The smallest absolute Gasteiger partial charge is 0.131 e. The molecule has 0 aromatic heterocycles. The lowest BCUT2D eigenvalue weighted by Crippen LogP contribution is -2.15. The molecule has 0 amide bonds. The summed E-state index contributed by atoms with van der Waals surface area (Å²) in [6.45, 7) is 0.797. The molecule has 1 N–H and O–H groups in total. The molecule has 19 heavy (non-hydrogen) atoms.